The quantitative estimate of drug-likeness (QED) is 0.568. The third-order valence-corrected chi connectivity index (χ3v) is 1.23. The van der Waals surface area contributed by atoms with Crippen LogP contribution in [0.15, 0.2) is 0 Å². The molecule has 0 atom stereocenters. The van der Waals surface area contributed by atoms with Crippen LogP contribution in [0.4, 0.5) is 0 Å². The Balaban J connectivity index is 3.34. The molecule has 0 aromatic heterocycles. The lowest BCUT2D eigenvalue weighted by Crippen LogP contribution is -2.32. The van der Waals surface area contributed by atoms with E-state index < -0.39 is 0 Å². The minimum Gasteiger partial charge on any atom is -0.358 e. The van der Waals surface area contributed by atoms with Gasteiger partial charge in [0, 0.05) is 7.05 Å². The second kappa shape index (κ2) is 4.32. The first-order valence-corrected chi connectivity index (χ1v) is 3.09. The third-order valence-electron chi connectivity index (χ3n) is 1.23. The summed E-state index contributed by atoms with van der Waals surface area (Å²) in [5.74, 6) is 0.0688. The van der Waals surface area contributed by atoms with E-state index in [0.717, 1.165) is 6.54 Å². The molecule has 1 N–H and O–H groups in total. The fraction of sp³-hybridized carbons (Fsp3) is 0.833. The molecule has 0 heterocycles. The lowest BCUT2D eigenvalue weighted by atomic mass is 10.5. The van der Waals surface area contributed by atoms with Crippen molar-refractivity contribution in [2.45, 2.75) is 6.92 Å². The smallest absolute Gasteiger partial charge is 0.233 e. The van der Waals surface area contributed by atoms with E-state index in [4.69, 9.17) is 0 Å². The summed E-state index contributed by atoms with van der Waals surface area (Å²) in [6.07, 6.45) is 0. The Morgan fingerprint density at radius 2 is 2.22 bits per heavy atom. The van der Waals surface area contributed by atoms with Gasteiger partial charge in [-0.25, -0.2) is 0 Å². The van der Waals surface area contributed by atoms with Crippen molar-refractivity contribution in [2.24, 2.45) is 0 Å². The summed E-state index contributed by atoms with van der Waals surface area (Å²) in [6, 6.07) is 0. The number of carbonyl (C=O) groups is 1. The molecule has 0 fully saturated rings. The van der Waals surface area contributed by atoms with Crippen LogP contribution < -0.4 is 5.32 Å². The molecule has 0 spiro atoms. The highest BCUT2D eigenvalue weighted by atomic mass is 16.1. The molecule has 0 saturated heterocycles. The van der Waals surface area contributed by atoms with Crippen LogP contribution in [0.5, 0.6) is 0 Å². The van der Waals surface area contributed by atoms with E-state index in [-0.39, 0.29) is 5.91 Å². The highest BCUT2D eigenvalue weighted by Gasteiger charge is 1.99. The van der Waals surface area contributed by atoms with Crippen molar-refractivity contribution in [1.82, 2.24) is 10.2 Å². The first kappa shape index (κ1) is 8.43. The molecule has 0 aliphatic rings. The number of nitrogens with zero attached hydrogens (tertiary/aromatic N) is 1. The zero-order chi connectivity index (χ0) is 7.28. The van der Waals surface area contributed by atoms with E-state index in [1.807, 2.05) is 18.9 Å². The Hall–Kier alpha value is -0.570. The normalized spacial score (nSPS) is 9.78. The lowest BCUT2D eigenvalue weighted by Gasteiger charge is -2.11. The van der Waals surface area contributed by atoms with E-state index in [1.165, 1.54) is 0 Å². The maximum Gasteiger partial charge on any atom is 0.233 e. The maximum atomic E-state index is 10.6. The summed E-state index contributed by atoms with van der Waals surface area (Å²) in [5, 5.41) is 2.55. The van der Waals surface area contributed by atoms with Gasteiger partial charge in [0.25, 0.3) is 0 Å². The number of rotatable bonds is 3. The Labute approximate surface area is 56.0 Å². The van der Waals surface area contributed by atoms with E-state index in [2.05, 4.69) is 5.32 Å². The van der Waals surface area contributed by atoms with Gasteiger partial charge in [0.2, 0.25) is 5.91 Å². The second-order valence-corrected chi connectivity index (χ2v) is 2.00. The predicted octanol–water partition coefficient (Wildman–Crippen LogP) is -0.316. The van der Waals surface area contributed by atoms with Crippen molar-refractivity contribution < 1.29 is 4.79 Å². The zero-order valence-electron chi connectivity index (χ0n) is 6.27. The standard InChI is InChI=1S/C6H14N2O/c1-4-8(3)5-6(9)7-2/h4-5H2,1-3H3,(H,7,9). The average Bonchev–Trinajstić information content (AvgIpc) is 1.87. The SMILES string of the molecule is CCN(C)CC(=O)NC. The van der Waals surface area contributed by atoms with Crippen molar-refractivity contribution in [2.75, 3.05) is 27.2 Å². The molecule has 0 aromatic rings. The minimum absolute atomic E-state index is 0.0688. The summed E-state index contributed by atoms with van der Waals surface area (Å²) in [4.78, 5) is 12.6. The van der Waals surface area contributed by atoms with E-state index in [0.29, 0.717) is 6.54 Å². The van der Waals surface area contributed by atoms with Crippen molar-refractivity contribution in [3.63, 3.8) is 0 Å². The molecular formula is C6H14N2O. The summed E-state index contributed by atoms with van der Waals surface area (Å²) in [7, 11) is 3.56. The number of hydrogen-bond donors (Lipinski definition) is 1. The Morgan fingerprint density at radius 3 is 2.56 bits per heavy atom. The molecule has 0 aromatic carbocycles. The van der Waals surface area contributed by atoms with Crippen molar-refractivity contribution in [1.29, 1.82) is 0 Å². The maximum absolute atomic E-state index is 10.6. The molecule has 0 bridgehead atoms. The second-order valence-electron chi connectivity index (χ2n) is 2.00. The van der Waals surface area contributed by atoms with Crippen LogP contribution in [0.3, 0.4) is 0 Å². The monoisotopic (exact) mass is 130 g/mol. The molecule has 0 unspecified atom stereocenters. The van der Waals surface area contributed by atoms with Crippen molar-refractivity contribution in [3.8, 4) is 0 Å². The van der Waals surface area contributed by atoms with E-state index in [1.54, 1.807) is 7.05 Å². The van der Waals surface area contributed by atoms with Crippen LogP contribution >= 0.6 is 0 Å². The Morgan fingerprint density at radius 1 is 1.67 bits per heavy atom. The van der Waals surface area contributed by atoms with Crippen LogP contribution in [0.25, 0.3) is 0 Å². The highest BCUT2D eigenvalue weighted by Crippen LogP contribution is 1.77. The number of nitrogens with one attached hydrogen (secondary N) is 1. The minimum atomic E-state index is 0.0688. The van der Waals surface area contributed by atoms with Crippen LogP contribution in [0, 0.1) is 0 Å². The molecule has 0 saturated carbocycles. The average molecular weight is 130 g/mol. The predicted molar refractivity (Wildman–Crippen MR) is 37.2 cm³/mol. The van der Waals surface area contributed by atoms with Gasteiger partial charge in [-0.2, -0.15) is 0 Å². The van der Waals surface area contributed by atoms with Crippen LogP contribution in [-0.4, -0.2) is 38.0 Å². The van der Waals surface area contributed by atoms with E-state index in [9.17, 15) is 4.79 Å². The Bertz CT molecular complexity index is 93.1. The number of likely N-dealkylation sites (N-methyl/N-ethyl adjacent to an activating group) is 2. The molecule has 1 amide bonds. The van der Waals surface area contributed by atoms with Gasteiger partial charge in [0.05, 0.1) is 6.54 Å². The Kier molecular flexibility index (Phi) is 4.05. The largest absolute Gasteiger partial charge is 0.358 e. The van der Waals surface area contributed by atoms with Gasteiger partial charge in [0.15, 0.2) is 0 Å². The first-order valence-electron chi connectivity index (χ1n) is 3.09. The highest BCUT2D eigenvalue weighted by molar-refractivity contribution is 5.77. The zero-order valence-corrected chi connectivity index (χ0v) is 6.27. The number of amides is 1. The van der Waals surface area contributed by atoms with Crippen LogP contribution in [-0.2, 0) is 4.79 Å². The topological polar surface area (TPSA) is 32.3 Å². The summed E-state index contributed by atoms with van der Waals surface area (Å²) in [6.45, 7) is 3.42. The van der Waals surface area contributed by atoms with Gasteiger partial charge in [-0.3, -0.25) is 9.69 Å². The molecule has 0 aliphatic heterocycles. The molecule has 9 heavy (non-hydrogen) atoms. The van der Waals surface area contributed by atoms with Crippen LogP contribution in [0.2, 0.25) is 0 Å². The van der Waals surface area contributed by atoms with Crippen molar-refractivity contribution >= 4 is 5.91 Å². The molecular weight excluding hydrogens is 116 g/mol. The van der Waals surface area contributed by atoms with Gasteiger partial charge >= 0.3 is 0 Å². The lowest BCUT2D eigenvalue weighted by molar-refractivity contribution is -0.121. The van der Waals surface area contributed by atoms with Gasteiger partial charge < -0.3 is 5.32 Å². The molecule has 3 heteroatoms. The van der Waals surface area contributed by atoms with Gasteiger partial charge in [0.1, 0.15) is 0 Å². The molecule has 0 aliphatic carbocycles. The fourth-order valence-corrected chi connectivity index (χ4v) is 0.436. The van der Waals surface area contributed by atoms with E-state index >= 15 is 0 Å². The van der Waals surface area contributed by atoms with Gasteiger partial charge in [-0.1, -0.05) is 6.92 Å². The summed E-state index contributed by atoms with van der Waals surface area (Å²) < 4.78 is 0. The summed E-state index contributed by atoms with van der Waals surface area (Å²) in [5.41, 5.74) is 0. The van der Waals surface area contributed by atoms with Gasteiger partial charge in [-0.05, 0) is 13.6 Å². The van der Waals surface area contributed by atoms with Crippen molar-refractivity contribution in [3.05, 3.63) is 0 Å². The molecule has 0 radical (unpaired) electrons. The fourth-order valence-electron chi connectivity index (χ4n) is 0.436. The third kappa shape index (κ3) is 3.97. The van der Waals surface area contributed by atoms with Gasteiger partial charge in [-0.15, -0.1) is 0 Å². The number of hydrogen-bond acceptors (Lipinski definition) is 2. The summed E-state index contributed by atoms with van der Waals surface area (Å²) >= 11 is 0. The number of carbonyl (C=O) groups excluding carboxylic acids is 1. The van der Waals surface area contributed by atoms with Crippen LogP contribution in [0.1, 0.15) is 6.92 Å². The first-order chi connectivity index (χ1) is 4.20. The molecule has 0 rings (SSSR count). The molecule has 3 nitrogen and oxygen atoms in total. The molecule has 54 valence electrons.